The molecule has 0 bridgehead atoms. The van der Waals surface area contributed by atoms with Crippen molar-refractivity contribution >= 4 is 0 Å². The van der Waals surface area contributed by atoms with Gasteiger partial charge in [-0.15, -0.1) is 0 Å². The molecule has 4 nitrogen and oxygen atoms in total. The summed E-state index contributed by atoms with van der Waals surface area (Å²) in [6, 6.07) is 10.8. The van der Waals surface area contributed by atoms with E-state index in [1.807, 2.05) is 12.1 Å². The lowest BCUT2D eigenvalue weighted by molar-refractivity contribution is 0.773. The molecule has 16 heavy (non-hydrogen) atoms. The average Bonchev–Trinajstić information content (AvgIpc) is 2.74. The van der Waals surface area contributed by atoms with Crippen LogP contribution < -0.4 is 0 Å². The van der Waals surface area contributed by atoms with Crippen molar-refractivity contribution in [3.63, 3.8) is 0 Å². The van der Waals surface area contributed by atoms with Gasteiger partial charge in [0.15, 0.2) is 0 Å². The molecule has 0 amide bonds. The topological polar surface area (TPSA) is 65.4 Å². The average molecular weight is 207 g/mol. The van der Waals surface area contributed by atoms with Crippen molar-refractivity contribution in [3.05, 3.63) is 41.6 Å². The Labute approximate surface area is 93.0 Å². The number of hydrogen-bond acceptors (Lipinski definition) is 3. The molecule has 0 aliphatic heterocycles. The van der Waals surface area contributed by atoms with E-state index in [0.29, 0.717) is 11.1 Å². The second-order valence-electron chi connectivity index (χ2n) is 3.27. The van der Waals surface area contributed by atoms with Crippen LogP contribution in [0.2, 0.25) is 0 Å². The van der Waals surface area contributed by atoms with Gasteiger partial charge < -0.3 is 0 Å². The van der Waals surface area contributed by atoms with E-state index in [9.17, 15) is 0 Å². The van der Waals surface area contributed by atoms with E-state index < -0.39 is 0 Å². The predicted octanol–water partition coefficient (Wildman–Crippen LogP) is 1.63. The smallest absolute Gasteiger partial charge is 0.113 e. The first-order valence-corrected chi connectivity index (χ1v) is 4.61. The summed E-state index contributed by atoms with van der Waals surface area (Å²) in [6.07, 6.45) is 2.73. The van der Waals surface area contributed by atoms with Gasteiger partial charge in [-0.2, -0.15) is 15.6 Å². The van der Waals surface area contributed by atoms with Gasteiger partial charge in [0.1, 0.15) is 18.3 Å². The van der Waals surface area contributed by atoms with Crippen LogP contribution in [0.4, 0.5) is 0 Å². The molecule has 1 aromatic heterocycles. The molecular weight excluding hydrogens is 200 g/mol. The number of rotatable bonds is 1. The molecule has 0 saturated heterocycles. The third-order valence-electron chi connectivity index (χ3n) is 2.31. The fourth-order valence-corrected chi connectivity index (χ4v) is 1.49. The van der Waals surface area contributed by atoms with Crippen molar-refractivity contribution in [3.8, 4) is 23.4 Å². The first-order valence-electron chi connectivity index (χ1n) is 4.61. The second-order valence-corrected chi connectivity index (χ2v) is 3.27. The van der Waals surface area contributed by atoms with E-state index in [1.165, 1.54) is 0 Å². The van der Waals surface area contributed by atoms with Gasteiger partial charge in [-0.1, -0.05) is 6.07 Å². The summed E-state index contributed by atoms with van der Waals surface area (Å²) >= 11 is 0. The van der Waals surface area contributed by atoms with Crippen molar-refractivity contribution in [2.45, 2.75) is 0 Å². The van der Waals surface area contributed by atoms with Crippen molar-refractivity contribution < 1.29 is 0 Å². The van der Waals surface area contributed by atoms with Crippen molar-refractivity contribution in [2.24, 2.45) is 7.05 Å². The van der Waals surface area contributed by atoms with Crippen molar-refractivity contribution in [2.75, 3.05) is 0 Å². The van der Waals surface area contributed by atoms with E-state index in [1.54, 1.807) is 36.0 Å². The van der Waals surface area contributed by atoms with Crippen LogP contribution >= 0.6 is 0 Å². The van der Waals surface area contributed by atoms with Crippen LogP contribution in [0.15, 0.2) is 24.3 Å². The van der Waals surface area contributed by atoms with Gasteiger partial charge >= 0.3 is 0 Å². The molecule has 0 aliphatic rings. The largest absolute Gasteiger partial charge is 0.267 e. The molecule has 0 spiro atoms. The fourth-order valence-electron chi connectivity index (χ4n) is 1.49. The van der Waals surface area contributed by atoms with Gasteiger partial charge in [0, 0.05) is 12.6 Å². The molecule has 1 heterocycles. The van der Waals surface area contributed by atoms with Crippen molar-refractivity contribution in [1.82, 2.24) is 9.78 Å². The summed E-state index contributed by atoms with van der Waals surface area (Å²) in [7, 11) is 1.80. The highest BCUT2D eigenvalue weighted by atomic mass is 15.2. The van der Waals surface area contributed by atoms with Gasteiger partial charge in [0.2, 0.25) is 0 Å². The summed E-state index contributed by atoms with van der Waals surface area (Å²) in [5, 5.41) is 21.6. The molecule has 2 rings (SSSR count). The molecule has 0 aliphatic carbocycles. The number of benzene rings is 1. The fraction of sp³-hybridized carbons (Fsp3) is 0.0833. The Hall–Kier alpha value is -2.59. The third-order valence-corrected chi connectivity index (χ3v) is 2.31. The maximum atomic E-state index is 8.91. The Morgan fingerprint density at radius 3 is 2.56 bits per heavy atom. The van der Waals surface area contributed by atoms with Crippen LogP contribution in [0, 0.1) is 28.9 Å². The zero-order valence-electron chi connectivity index (χ0n) is 8.60. The lowest BCUT2D eigenvalue weighted by Crippen LogP contribution is -1.94. The zero-order valence-corrected chi connectivity index (χ0v) is 8.60. The van der Waals surface area contributed by atoms with Crippen LogP contribution in [0.25, 0.3) is 11.3 Å². The quantitative estimate of drug-likeness (QED) is 0.713. The molecule has 0 fully saturated rings. The maximum Gasteiger partial charge on any atom is 0.113 e. The lowest BCUT2D eigenvalue weighted by atomic mass is 10.0. The molecular formula is C12H7N4. The number of nitrogens with zero attached hydrogens (tertiary/aromatic N) is 4. The molecule has 0 saturated carbocycles. The first-order chi connectivity index (χ1) is 7.76. The van der Waals surface area contributed by atoms with Crippen molar-refractivity contribution in [1.29, 1.82) is 10.5 Å². The molecule has 0 unspecified atom stereocenters. The Morgan fingerprint density at radius 1 is 1.25 bits per heavy atom. The molecule has 0 atom stereocenters. The molecule has 2 aromatic rings. The third kappa shape index (κ3) is 1.53. The van der Waals surface area contributed by atoms with Crippen LogP contribution in [0.1, 0.15) is 11.1 Å². The number of aromatic nitrogens is 2. The minimum Gasteiger partial charge on any atom is -0.267 e. The molecule has 0 N–H and O–H groups in total. The van der Waals surface area contributed by atoms with E-state index in [0.717, 1.165) is 11.3 Å². The van der Waals surface area contributed by atoms with Gasteiger partial charge in [-0.3, -0.25) is 4.68 Å². The van der Waals surface area contributed by atoms with Gasteiger partial charge in [0.25, 0.3) is 0 Å². The molecule has 1 aromatic carbocycles. The summed E-state index contributed by atoms with van der Waals surface area (Å²) in [5.41, 5.74) is 2.48. The zero-order chi connectivity index (χ0) is 11.5. The molecule has 4 heteroatoms. The van der Waals surface area contributed by atoms with Gasteiger partial charge in [-0.25, -0.2) is 0 Å². The van der Waals surface area contributed by atoms with E-state index in [-0.39, 0.29) is 0 Å². The summed E-state index contributed by atoms with van der Waals surface area (Å²) in [4.78, 5) is 0. The lowest BCUT2D eigenvalue weighted by Gasteiger charge is -2.03. The second kappa shape index (κ2) is 3.88. The van der Waals surface area contributed by atoms with Gasteiger partial charge in [-0.05, 0) is 18.2 Å². The Morgan fingerprint density at radius 2 is 2.00 bits per heavy atom. The number of nitriles is 2. The van der Waals surface area contributed by atoms with E-state index in [2.05, 4.69) is 11.3 Å². The number of aryl methyl sites for hydroxylation is 1. The summed E-state index contributed by atoms with van der Waals surface area (Å²) in [6.45, 7) is 0. The van der Waals surface area contributed by atoms with Gasteiger partial charge in [0.05, 0.1) is 16.8 Å². The van der Waals surface area contributed by atoms with Crippen LogP contribution in [-0.2, 0) is 7.05 Å². The predicted molar refractivity (Wildman–Crippen MR) is 56.9 cm³/mol. The highest BCUT2D eigenvalue weighted by Crippen LogP contribution is 2.20. The highest BCUT2D eigenvalue weighted by molar-refractivity contribution is 5.64. The first kappa shape index (κ1) is 9.95. The SMILES string of the molecule is Cn1n[c]cc1-c1ccc(C#N)c(C#N)c1. The van der Waals surface area contributed by atoms with E-state index in [4.69, 9.17) is 10.5 Å². The summed E-state index contributed by atoms with van der Waals surface area (Å²) < 4.78 is 1.67. The minimum atomic E-state index is 0.376. The standard InChI is InChI=1S/C12H7N4/c1-16-12(4-5-15-16)9-2-3-10(7-13)11(6-9)8-14/h2-4,6H,1H3. The molecule has 75 valence electrons. The normalized spacial score (nSPS) is 9.44. The Balaban J connectivity index is 2.59. The maximum absolute atomic E-state index is 8.91. The highest BCUT2D eigenvalue weighted by Gasteiger charge is 2.07. The van der Waals surface area contributed by atoms with Crippen LogP contribution in [0.5, 0.6) is 0 Å². The Bertz CT molecular complexity index is 611. The van der Waals surface area contributed by atoms with E-state index >= 15 is 0 Å². The monoisotopic (exact) mass is 207 g/mol. The summed E-state index contributed by atoms with van der Waals surface area (Å²) in [5.74, 6) is 0. The molecule has 1 radical (unpaired) electrons. The minimum absolute atomic E-state index is 0.376. The number of hydrogen-bond donors (Lipinski definition) is 0. The van der Waals surface area contributed by atoms with Crippen LogP contribution in [0.3, 0.4) is 0 Å². The Kier molecular flexibility index (Phi) is 2.41. The van der Waals surface area contributed by atoms with Crippen LogP contribution in [-0.4, -0.2) is 9.78 Å².